The molecule has 134 valence electrons. The van der Waals surface area contributed by atoms with E-state index in [9.17, 15) is 14.4 Å². The fourth-order valence-electron chi connectivity index (χ4n) is 2.34. The van der Waals surface area contributed by atoms with Crippen molar-refractivity contribution in [1.82, 2.24) is 9.88 Å². The summed E-state index contributed by atoms with van der Waals surface area (Å²) in [5, 5.41) is 1.95. The maximum Gasteiger partial charge on any atom is 0.413 e. The fourth-order valence-corrected chi connectivity index (χ4v) is 2.34. The van der Waals surface area contributed by atoms with Crippen molar-refractivity contribution in [2.75, 3.05) is 7.11 Å². The third kappa shape index (κ3) is 4.28. The molecule has 1 N–H and O–H groups in total. The van der Waals surface area contributed by atoms with Crippen LogP contribution in [-0.2, 0) is 20.8 Å². The number of carbonyl (C=O) groups excluding carboxylic acids is 3. The lowest BCUT2D eigenvalue weighted by Gasteiger charge is -2.12. The molecule has 2 rings (SSSR count). The molecule has 1 atom stereocenters. The van der Waals surface area contributed by atoms with Crippen LogP contribution in [0.4, 0.5) is 4.79 Å². The Morgan fingerprint density at radius 1 is 1.32 bits per heavy atom. The van der Waals surface area contributed by atoms with Crippen molar-refractivity contribution in [3.63, 3.8) is 0 Å². The first-order valence-electron chi connectivity index (χ1n) is 7.62. The smallest absolute Gasteiger partial charge is 0.413 e. The zero-order chi connectivity index (χ0) is 18.6. The number of imide groups is 1. The first-order valence-corrected chi connectivity index (χ1v) is 7.62. The molecule has 0 aliphatic heterocycles. The van der Waals surface area contributed by atoms with Crippen molar-refractivity contribution in [3.05, 3.63) is 47.2 Å². The Morgan fingerprint density at radius 3 is 2.64 bits per heavy atom. The fraction of sp³-hybridized carbons (Fsp3) is 0.353. The number of aryl methyl sites for hydroxylation is 1. The number of carbonyl (C=O) groups is 3. The first kappa shape index (κ1) is 18.3. The number of esters is 1. The average Bonchev–Trinajstić information content (AvgIpc) is 3.18. The molecule has 8 nitrogen and oxygen atoms in total. The van der Waals surface area contributed by atoms with Crippen molar-refractivity contribution in [3.8, 4) is 0 Å². The normalized spacial score (nSPS) is 11.7. The van der Waals surface area contributed by atoms with E-state index >= 15 is 0 Å². The minimum absolute atomic E-state index is 0.349. The Hall–Kier alpha value is -3.03. The molecule has 0 saturated heterocycles. The van der Waals surface area contributed by atoms with Gasteiger partial charge in [0, 0.05) is 11.4 Å². The molecule has 0 fully saturated rings. The maximum atomic E-state index is 12.3. The molecule has 0 unspecified atom stereocenters. The molecule has 0 saturated carbocycles. The topological polar surface area (TPSA) is 99.8 Å². The van der Waals surface area contributed by atoms with Gasteiger partial charge in [-0.25, -0.2) is 9.59 Å². The lowest BCUT2D eigenvalue weighted by Crippen LogP contribution is -2.39. The average molecular weight is 348 g/mol. The zero-order valence-corrected chi connectivity index (χ0v) is 14.5. The highest BCUT2D eigenvalue weighted by Gasteiger charge is 2.24. The summed E-state index contributed by atoms with van der Waals surface area (Å²) in [7, 11) is 1.13. The molecular formula is C17H20N2O6. The molecule has 0 aliphatic rings. The molecule has 0 spiro atoms. The Kier molecular flexibility index (Phi) is 5.63. The maximum absolute atomic E-state index is 12.3. The van der Waals surface area contributed by atoms with Gasteiger partial charge < -0.3 is 18.5 Å². The van der Waals surface area contributed by atoms with Crippen molar-refractivity contribution in [2.24, 2.45) is 0 Å². The van der Waals surface area contributed by atoms with Crippen LogP contribution in [0.2, 0.25) is 0 Å². The zero-order valence-electron chi connectivity index (χ0n) is 14.5. The predicted octanol–water partition coefficient (Wildman–Crippen LogP) is 2.17. The number of aromatic nitrogens is 1. The Bertz CT molecular complexity index is 775. The number of nitrogens with one attached hydrogen (secondary N) is 1. The number of ether oxygens (including phenoxy) is 2. The third-order valence-electron chi connectivity index (χ3n) is 3.75. The number of furan rings is 1. The van der Waals surface area contributed by atoms with Gasteiger partial charge in [-0.1, -0.05) is 0 Å². The van der Waals surface area contributed by atoms with Crippen LogP contribution in [0.3, 0.4) is 0 Å². The predicted molar refractivity (Wildman–Crippen MR) is 87.1 cm³/mol. The van der Waals surface area contributed by atoms with Crippen molar-refractivity contribution in [2.45, 2.75) is 33.4 Å². The summed E-state index contributed by atoms with van der Waals surface area (Å²) < 4.78 is 16.7. The number of hydrogen-bond acceptors (Lipinski definition) is 6. The summed E-state index contributed by atoms with van der Waals surface area (Å²) in [6.07, 6.45) is -0.468. The van der Waals surface area contributed by atoms with E-state index in [1.807, 2.05) is 22.9 Å². The molecule has 0 aliphatic carbocycles. The van der Waals surface area contributed by atoms with E-state index in [0.29, 0.717) is 17.8 Å². The molecule has 0 bridgehead atoms. The molecule has 25 heavy (non-hydrogen) atoms. The SMILES string of the molecule is COC(=O)NC(=O)[C@H](C)OC(=O)c1cc(C)n(Cc2ccco2)c1C. The Morgan fingerprint density at radius 2 is 2.04 bits per heavy atom. The van der Waals surface area contributed by atoms with E-state index in [1.54, 1.807) is 25.3 Å². The second-order valence-corrected chi connectivity index (χ2v) is 5.48. The highest BCUT2D eigenvalue weighted by molar-refractivity contribution is 5.97. The van der Waals surface area contributed by atoms with Gasteiger partial charge in [0.05, 0.1) is 25.5 Å². The molecule has 2 aromatic rings. The number of nitrogens with zero attached hydrogens (tertiary/aromatic N) is 1. The highest BCUT2D eigenvalue weighted by Crippen LogP contribution is 2.19. The standard InChI is InChI=1S/C17H20N2O6/c1-10-8-14(11(2)19(10)9-13-6-5-7-24-13)16(21)25-12(3)15(20)18-17(22)23-4/h5-8,12H,9H2,1-4H3,(H,18,20,22)/t12-/m0/s1. The minimum Gasteiger partial charge on any atom is -0.467 e. The summed E-state index contributed by atoms with van der Waals surface area (Å²) in [6.45, 7) is 5.50. The van der Waals surface area contributed by atoms with E-state index in [4.69, 9.17) is 9.15 Å². The van der Waals surface area contributed by atoms with Crippen LogP contribution >= 0.6 is 0 Å². The number of hydrogen-bond donors (Lipinski definition) is 1. The molecule has 0 aromatic carbocycles. The second-order valence-electron chi connectivity index (χ2n) is 5.48. The second kappa shape index (κ2) is 7.69. The molecule has 2 aromatic heterocycles. The van der Waals surface area contributed by atoms with Gasteiger partial charge in [0.2, 0.25) is 0 Å². The van der Waals surface area contributed by atoms with E-state index in [1.165, 1.54) is 6.92 Å². The summed E-state index contributed by atoms with van der Waals surface area (Å²) >= 11 is 0. The first-order chi connectivity index (χ1) is 11.8. The quantitative estimate of drug-likeness (QED) is 0.831. The van der Waals surface area contributed by atoms with E-state index < -0.39 is 24.1 Å². The third-order valence-corrected chi connectivity index (χ3v) is 3.75. The van der Waals surface area contributed by atoms with Crippen LogP contribution in [0.15, 0.2) is 28.9 Å². The van der Waals surface area contributed by atoms with Crippen LogP contribution in [-0.4, -0.2) is 35.8 Å². The number of methoxy groups -OCH3 is 1. The van der Waals surface area contributed by atoms with Crippen molar-refractivity contribution < 1.29 is 28.3 Å². The lowest BCUT2D eigenvalue weighted by atomic mass is 10.2. The van der Waals surface area contributed by atoms with Crippen molar-refractivity contribution in [1.29, 1.82) is 0 Å². The monoisotopic (exact) mass is 348 g/mol. The van der Waals surface area contributed by atoms with Gasteiger partial charge in [-0.15, -0.1) is 0 Å². The summed E-state index contributed by atoms with van der Waals surface area (Å²) in [5.41, 5.74) is 1.90. The molecule has 8 heteroatoms. The highest BCUT2D eigenvalue weighted by atomic mass is 16.6. The van der Waals surface area contributed by atoms with Crippen LogP contribution in [0.25, 0.3) is 0 Å². The van der Waals surface area contributed by atoms with Gasteiger partial charge in [-0.2, -0.15) is 0 Å². The molecule has 0 radical (unpaired) electrons. The van der Waals surface area contributed by atoms with E-state index in [2.05, 4.69) is 4.74 Å². The summed E-state index contributed by atoms with van der Waals surface area (Å²) in [6, 6.07) is 5.32. The van der Waals surface area contributed by atoms with Gasteiger partial charge in [0.1, 0.15) is 5.76 Å². The van der Waals surface area contributed by atoms with Gasteiger partial charge in [0.15, 0.2) is 6.10 Å². The Labute approximate surface area is 144 Å². The van der Waals surface area contributed by atoms with Crippen molar-refractivity contribution >= 4 is 18.0 Å². The van der Waals surface area contributed by atoms with Crippen LogP contribution in [0, 0.1) is 13.8 Å². The van der Waals surface area contributed by atoms with Gasteiger partial charge in [-0.3, -0.25) is 10.1 Å². The molecular weight excluding hydrogens is 328 g/mol. The van der Waals surface area contributed by atoms with Gasteiger partial charge in [0.25, 0.3) is 5.91 Å². The van der Waals surface area contributed by atoms with Crippen LogP contribution < -0.4 is 5.32 Å². The molecule has 2 heterocycles. The number of amides is 2. The number of alkyl carbamates (subject to hydrolysis) is 1. The van der Waals surface area contributed by atoms with E-state index in [0.717, 1.165) is 18.6 Å². The van der Waals surface area contributed by atoms with Gasteiger partial charge in [-0.05, 0) is 39.0 Å². The molecule has 2 amide bonds. The lowest BCUT2D eigenvalue weighted by molar-refractivity contribution is -0.128. The van der Waals surface area contributed by atoms with Crippen LogP contribution in [0.1, 0.15) is 34.4 Å². The summed E-state index contributed by atoms with van der Waals surface area (Å²) in [4.78, 5) is 35.1. The summed E-state index contributed by atoms with van der Waals surface area (Å²) in [5.74, 6) is -0.650. The van der Waals surface area contributed by atoms with Gasteiger partial charge >= 0.3 is 12.1 Å². The van der Waals surface area contributed by atoms with E-state index in [-0.39, 0.29) is 0 Å². The number of rotatable bonds is 5. The Balaban J connectivity index is 2.09. The largest absolute Gasteiger partial charge is 0.467 e. The van der Waals surface area contributed by atoms with Crippen LogP contribution in [0.5, 0.6) is 0 Å². The minimum atomic E-state index is -1.14.